The molecule has 84 valence electrons. The van der Waals surface area contributed by atoms with Gasteiger partial charge in [-0.05, 0) is 23.9 Å². The van der Waals surface area contributed by atoms with Gasteiger partial charge in [-0.1, -0.05) is 25.1 Å². The van der Waals surface area contributed by atoms with Crippen molar-refractivity contribution in [3.8, 4) is 5.75 Å². The first-order valence-electron chi connectivity index (χ1n) is 5.38. The predicted molar refractivity (Wildman–Crippen MR) is 69.1 cm³/mol. The molecule has 2 aromatic rings. The number of anilines is 1. The molecular weight excluding hydrogens is 218 g/mol. The number of hydrogen-bond acceptors (Lipinski definition) is 3. The van der Waals surface area contributed by atoms with Crippen molar-refractivity contribution >= 4 is 17.0 Å². The molecule has 1 unspecified atom stereocenters. The zero-order chi connectivity index (χ0) is 11.4. The van der Waals surface area contributed by atoms with Gasteiger partial charge in [0.15, 0.2) is 0 Å². The van der Waals surface area contributed by atoms with E-state index in [1.165, 1.54) is 0 Å². The molecule has 16 heavy (non-hydrogen) atoms. The maximum absolute atomic E-state index is 9.80. The Kier molecular flexibility index (Phi) is 3.47. The van der Waals surface area contributed by atoms with Crippen LogP contribution in [0.4, 0.5) is 5.69 Å². The lowest BCUT2D eigenvalue weighted by Gasteiger charge is -2.18. The summed E-state index contributed by atoms with van der Waals surface area (Å²) in [6.45, 7) is 2.11. The summed E-state index contributed by atoms with van der Waals surface area (Å²) in [7, 11) is 0. The van der Waals surface area contributed by atoms with E-state index in [0.717, 1.165) is 17.7 Å². The minimum atomic E-state index is 0.163. The normalized spacial score (nSPS) is 12.3. The molecule has 2 rings (SSSR count). The van der Waals surface area contributed by atoms with Gasteiger partial charge in [-0.2, -0.15) is 11.3 Å². The van der Waals surface area contributed by atoms with E-state index in [9.17, 15) is 5.11 Å². The van der Waals surface area contributed by atoms with Crippen molar-refractivity contribution < 1.29 is 5.11 Å². The molecule has 1 aromatic carbocycles. The largest absolute Gasteiger partial charge is 0.508 e. The van der Waals surface area contributed by atoms with E-state index in [0.29, 0.717) is 5.75 Å². The maximum atomic E-state index is 9.80. The Balaban J connectivity index is 2.20. The van der Waals surface area contributed by atoms with Crippen molar-refractivity contribution in [2.75, 3.05) is 5.32 Å². The Hall–Kier alpha value is -1.48. The third-order valence-corrected chi connectivity index (χ3v) is 3.27. The summed E-state index contributed by atoms with van der Waals surface area (Å²) < 4.78 is 0. The molecule has 0 bridgehead atoms. The molecular formula is C13H15NOS. The lowest BCUT2D eigenvalue weighted by atomic mass is 10.0. The molecule has 3 heteroatoms. The molecule has 0 spiro atoms. The van der Waals surface area contributed by atoms with Crippen LogP contribution in [0.25, 0.3) is 0 Å². The average Bonchev–Trinajstić information content (AvgIpc) is 2.80. The van der Waals surface area contributed by atoms with Gasteiger partial charge >= 0.3 is 0 Å². The van der Waals surface area contributed by atoms with E-state index in [1.807, 2.05) is 29.6 Å². The highest BCUT2D eigenvalue weighted by molar-refractivity contribution is 7.08. The Labute approximate surface area is 99.6 Å². The molecule has 0 saturated carbocycles. The second-order valence-corrected chi connectivity index (χ2v) is 4.46. The van der Waals surface area contributed by atoms with Gasteiger partial charge in [0, 0.05) is 16.6 Å². The van der Waals surface area contributed by atoms with E-state index in [2.05, 4.69) is 17.6 Å². The van der Waals surface area contributed by atoms with E-state index >= 15 is 0 Å². The third kappa shape index (κ3) is 2.36. The molecule has 0 aliphatic rings. The van der Waals surface area contributed by atoms with Crippen LogP contribution >= 0.6 is 11.3 Å². The van der Waals surface area contributed by atoms with Gasteiger partial charge in [-0.15, -0.1) is 0 Å². The SMILES string of the molecule is CCC(Nc1ccsc1)c1ccccc1O. The van der Waals surface area contributed by atoms with Gasteiger partial charge in [0.25, 0.3) is 0 Å². The molecule has 2 nitrogen and oxygen atoms in total. The highest BCUT2D eigenvalue weighted by Crippen LogP contribution is 2.29. The molecule has 0 aliphatic heterocycles. The number of phenolic OH excluding ortho intramolecular Hbond substituents is 1. The van der Waals surface area contributed by atoms with Crippen molar-refractivity contribution in [3.63, 3.8) is 0 Å². The fourth-order valence-electron chi connectivity index (χ4n) is 1.73. The van der Waals surface area contributed by atoms with Crippen molar-refractivity contribution in [2.24, 2.45) is 0 Å². The Morgan fingerprint density at radius 1 is 1.31 bits per heavy atom. The Bertz CT molecular complexity index is 439. The number of benzene rings is 1. The van der Waals surface area contributed by atoms with E-state index in [1.54, 1.807) is 17.4 Å². The van der Waals surface area contributed by atoms with Gasteiger partial charge in [0.2, 0.25) is 0 Å². The van der Waals surface area contributed by atoms with Crippen LogP contribution in [0, 0.1) is 0 Å². The molecule has 1 atom stereocenters. The van der Waals surface area contributed by atoms with E-state index < -0.39 is 0 Å². The van der Waals surface area contributed by atoms with Gasteiger partial charge in [0.1, 0.15) is 5.75 Å². The van der Waals surface area contributed by atoms with Crippen LogP contribution in [0.15, 0.2) is 41.1 Å². The van der Waals surface area contributed by atoms with Crippen LogP contribution in [0.1, 0.15) is 24.9 Å². The quantitative estimate of drug-likeness (QED) is 0.836. The smallest absolute Gasteiger partial charge is 0.120 e. The Morgan fingerprint density at radius 3 is 2.75 bits per heavy atom. The number of aromatic hydroxyl groups is 1. The van der Waals surface area contributed by atoms with E-state index in [4.69, 9.17) is 0 Å². The summed E-state index contributed by atoms with van der Waals surface area (Å²) in [6.07, 6.45) is 0.938. The number of para-hydroxylation sites is 1. The molecule has 0 saturated heterocycles. The van der Waals surface area contributed by atoms with Crippen LogP contribution in [-0.2, 0) is 0 Å². The maximum Gasteiger partial charge on any atom is 0.120 e. The van der Waals surface area contributed by atoms with Crippen molar-refractivity contribution in [1.29, 1.82) is 0 Å². The summed E-state index contributed by atoms with van der Waals surface area (Å²) in [6, 6.07) is 9.70. The fourth-order valence-corrected chi connectivity index (χ4v) is 2.33. The lowest BCUT2D eigenvalue weighted by molar-refractivity contribution is 0.463. The first-order valence-corrected chi connectivity index (χ1v) is 6.32. The van der Waals surface area contributed by atoms with Crippen molar-refractivity contribution in [3.05, 3.63) is 46.7 Å². The highest BCUT2D eigenvalue weighted by Gasteiger charge is 2.12. The molecule has 1 heterocycles. The number of nitrogens with one attached hydrogen (secondary N) is 1. The topological polar surface area (TPSA) is 32.3 Å². The molecule has 1 aromatic heterocycles. The molecule has 0 radical (unpaired) electrons. The average molecular weight is 233 g/mol. The second-order valence-electron chi connectivity index (χ2n) is 3.68. The number of phenols is 1. The van der Waals surface area contributed by atoms with Gasteiger partial charge in [0.05, 0.1) is 6.04 Å². The number of hydrogen-bond donors (Lipinski definition) is 2. The van der Waals surface area contributed by atoms with Gasteiger partial charge < -0.3 is 10.4 Å². The number of thiophene rings is 1. The highest BCUT2D eigenvalue weighted by atomic mass is 32.1. The summed E-state index contributed by atoms with van der Waals surface area (Å²) in [5, 5.41) is 17.3. The number of rotatable bonds is 4. The van der Waals surface area contributed by atoms with E-state index in [-0.39, 0.29) is 6.04 Å². The molecule has 0 amide bonds. The predicted octanol–water partition coefficient (Wildman–Crippen LogP) is 4.02. The van der Waals surface area contributed by atoms with Crippen LogP contribution in [0.3, 0.4) is 0 Å². The lowest BCUT2D eigenvalue weighted by Crippen LogP contribution is -2.09. The zero-order valence-corrected chi connectivity index (χ0v) is 10.00. The zero-order valence-electron chi connectivity index (χ0n) is 9.18. The van der Waals surface area contributed by atoms with Gasteiger partial charge in [-0.25, -0.2) is 0 Å². The van der Waals surface area contributed by atoms with Gasteiger partial charge in [-0.3, -0.25) is 0 Å². The molecule has 0 aliphatic carbocycles. The minimum absolute atomic E-state index is 0.163. The van der Waals surface area contributed by atoms with Crippen LogP contribution in [0.2, 0.25) is 0 Å². The first kappa shape index (κ1) is 11.0. The summed E-state index contributed by atoms with van der Waals surface area (Å²) in [5.74, 6) is 0.358. The molecule has 0 fully saturated rings. The summed E-state index contributed by atoms with van der Waals surface area (Å²) in [5.41, 5.74) is 2.07. The second kappa shape index (κ2) is 5.03. The monoisotopic (exact) mass is 233 g/mol. The van der Waals surface area contributed by atoms with Crippen LogP contribution < -0.4 is 5.32 Å². The molecule has 2 N–H and O–H groups in total. The third-order valence-electron chi connectivity index (χ3n) is 2.58. The minimum Gasteiger partial charge on any atom is -0.508 e. The summed E-state index contributed by atoms with van der Waals surface area (Å²) >= 11 is 1.67. The Morgan fingerprint density at radius 2 is 2.12 bits per heavy atom. The first-order chi connectivity index (χ1) is 7.81. The van der Waals surface area contributed by atoms with Crippen LogP contribution in [-0.4, -0.2) is 5.11 Å². The van der Waals surface area contributed by atoms with Crippen LogP contribution in [0.5, 0.6) is 5.75 Å². The van der Waals surface area contributed by atoms with Crippen molar-refractivity contribution in [1.82, 2.24) is 0 Å². The standard InChI is InChI=1S/C13H15NOS/c1-2-12(14-10-7-8-16-9-10)11-5-3-4-6-13(11)15/h3-9,12,14-15H,2H2,1H3. The summed E-state index contributed by atoms with van der Waals surface area (Å²) in [4.78, 5) is 0. The van der Waals surface area contributed by atoms with Crippen molar-refractivity contribution in [2.45, 2.75) is 19.4 Å². The fraction of sp³-hybridized carbons (Fsp3) is 0.231.